The second-order valence-electron chi connectivity index (χ2n) is 5.01. The summed E-state index contributed by atoms with van der Waals surface area (Å²) in [5, 5.41) is 11.7. The number of carboxylic acid groups (broad SMARTS) is 1. The minimum absolute atomic E-state index is 0.0929. The van der Waals surface area contributed by atoms with Crippen molar-refractivity contribution in [3.8, 4) is 16.9 Å². The van der Waals surface area contributed by atoms with Crippen LogP contribution in [0.1, 0.15) is 17.3 Å². The number of rotatable bonds is 5. The highest BCUT2D eigenvalue weighted by Gasteiger charge is 2.18. The Balaban J connectivity index is 2.48. The molecule has 0 aliphatic heterocycles. The van der Waals surface area contributed by atoms with Gasteiger partial charge in [0.05, 0.1) is 5.56 Å². The first-order chi connectivity index (χ1) is 11.3. The predicted molar refractivity (Wildman–Crippen MR) is 88.0 cm³/mol. The molecule has 0 saturated carbocycles. The summed E-state index contributed by atoms with van der Waals surface area (Å²) in [5.74, 6) is -2.12. The summed E-state index contributed by atoms with van der Waals surface area (Å²) in [5.41, 5.74) is 0.748. The van der Waals surface area contributed by atoms with Crippen LogP contribution in [0.4, 0.5) is 4.39 Å². The summed E-state index contributed by atoms with van der Waals surface area (Å²) in [7, 11) is 1.41. The van der Waals surface area contributed by atoms with Crippen LogP contribution in [-0.2, 0) is 4.79 Å². The number of carboxylic acids is 1. The number of hydrogen-bond donors (Lipinski definition) is 2. The summed E-state index contributed by atoms with van der Waals surface area (Å²) in [6, 6.07) is 8.66. The van der Waals surface area contributed by atoms with Gasteiger partial charge in [0.25, 0.3) is 5.91 Å². The molecule has 0 heterocycles. The van der Waals surface area contributed by atoms with Gasteiger partial charge >= 0.3 is 5.97 Å². The van der Waals surface area contributed by atoms with Gasteiger partial charge in [0, 0.05) is 17.6 Å². The van der Waals surface area contributed by atoms with Crippen LogP contribution in [0.3, 0.4) is 0 Å². The highest BCUT2D eigenvalue weighted by molar-refractivity contribution is 6.31. The Morgan fingerprint density at radius 2 is 1.96 bits per heavy atom. The highest BCUT2D eigenvalue weighted by Crippen LogP contribution is 2.34. The van der Waals surface area contributed by atoms with E-state index in [2.05, 4.69) is 5.32 Å². The largest absolute Gasteiger partial charge is 0.479 e. The van der Waals surface area contributed by atoms with Gasteiger partial charge in [0.1, 0.15) is 11.6 Å². The number of amides is 1. The zero-order valence-electron chi connectivity index (χ0n) is 13.0. The van der Waals surface area contributed by atoms with Crippen LogP contribution in [0, 0.1) is 5.82 Å². The number of aliphatic carboxylic acids is 1. The summed E-state index contributed by atoms with van der Waals surface area (Å²) < 4.78 is 19.6. The molecule has 0 fully saturated rings. The molecular formula is C17H15ClFNO4. The van der Waals surface area contributed by atoms with E-state index in [1.807, 2.05) is 0 Å². The molecule has 0 aliphatic rings. The maximum Gasteiger partial charge on any atom is 0.344 e. The lowest BCUT2D eigenvalue weighted by molar-refractivity contribution is -0.144. The van der Waals surface area contributed by atoms with Crippen LogP contribution in [0.5, 0.6) is 5.75 Å². The van der Waals surface area contributed by atoms with Crippen LogP contribution in [-0.4, -0.2) is 30.1 Å². The van der Waals surface area contributed by atoms with Crippen molar-refractivity contribution in [2.24, 2.45) is 0 Å². The smallest absolute Gasteiger partial charge is 0.344 e. The molecule has 24 heavy (non-hydrogen) atoms. The lowest BCUT2D eigenvalue weighted by atomic mass is 10.0. The first-order valence-electron chi connectivity index (χ1n) is 7.04. The second-order valence-corrected chi connectivity index (χ2v) is 5.45. The van der Waals surface area contributed by atoms with E-state index in [-0.39, 0.29) is 11.3 Å². The Kier molecular flexibility index (Phi) is 5.41. The number of halogens is 2. The molecule has 126 valence electrons. The Labute approximate surface area is 143 Å². The fourth-order valence-corrected chi connectivity index (χ4v) is 2.24. The quantitative estimate of drug-likeness (QED) is 0.866. The molecule has 2 rings (SSSR count). The number of nitrogens with one attached hydrogen (secondary N) is 1. The molecule has 0 radical (unpaired) electrons. The van der Waals surface area contributed by atoms with Crippen molar-refractivity contribution in [2.75, 3.05) is 7.05 Å². The Hall–Kier alpha value is -2.60. The van der Waals surface area contributed by atoms with Crippen molar-refractivity contribution in [2.45, 2.75) is 13.0 Å². The topological polar surface area (TPSA) is 75.6 Å². The fraction of sp³-hybridized carbons (Fsp3) is 0.176. The Bertz CT molecular complexity index is 794. The molecule has 2 N–H and O–H groups in total. The summed E-state index contributed by atoms with van der Waals surface area (Å²) in [6.45, 7) is 1.38. The molecule has 1 amide bonds. The molecule has 2 aromatic carbocycles. The van der Waals surface area contributed by atoms with Crippen LogP contribution < -0.4 is 10.1 Å². The lowest BCUT2D eigenvalue weighted by Crippen LogP contribution is -2.23. The third-order valence-corrected chi connectivity index (χ3v) is 3.58. The van der Waals surface area contributed by atoms with Crippen molar-refractivity contribution < 1.29 is 23.8 Å². The number of carbonyl (C=O) groups is 2. The van der Waals surface area contributed by atoms with E-state index in [1.54, 1.807) is 12.1 Å². The van der Waals surface area contributed by atoms with E-state index in [1.165, 1.54) is 38.2 Å². The first-order valence-corrected chi connectivity index (χ1v) is 7.42. The molecule has 0 aromatic heterocycles. The number of benzene rings is 2. The summed E-state index contributed by atoms with van der Waals surface area (Å²) in [6.07, 6.45) is -1.08. The van der Waals surface area contributed by atoms with Crippen LogP contribution in [0.2, 0.25) is 5.02 Å². The average molecular weight is 352 g/mol. The third kappa shape index (κ3) is 3.83. The number of hydrogen-bond acceptors (Lipinski definition) is 3. The molecule has 0 bridgehead atoms. The molecular weight excluding hydrogens is 337 g/mol. The molecule has 7 heteroatoms. The van der Waals surface area contributed by atoms with Gasteiger partial charge < -0.3 is 15.2 Å². The van der Waals surface area contributed by atoms with Gasteiger partial charge in [0.2, 0.25) is 0 Å². The maximum absolute atomic E-state index is 14.2. The lowest BCUT2D eigenvalue weighted by Gasteiger charge is -2.15. The molecule has 5 nitrogen and oxygen atoms in total. The van der Waals surface area contributed by atoms with Crippen molar-refractivity contribution in [3.63, 3.8) is 0 Å². The van der Waals surface area contributed by atoms with Crippen LogP contribution >= 0.6 is 11.6 Å². The minimum Gasteiger partial charge on any atom is -0.479 e. The van der Waals surface area contributed by atoms with Crippen LogP contribution in [0.25, 0.3) is 11.1 Å². The van der Waals surface area contributed by atoms with Gasteiger partial charge in [-0.1, -0.05) is 17.7 Å². The van der Waals surface area contributed by atoms with E-state index >= 15 is 0 Å². The molecule has 2 aromatic rings. The van der Waals surface area contributed by atoms with E-state index < -0.39 is 23.8 Å². The summed E-state index contributed by atoms with van der Waals surface area (Å²) in [4.78, 5) is 22.5. The van der Waals surface area contributed by atoms with Crippen molar-refractivity contribution in [1.82, 2.24) is 5.32 Å². The molecule has 0 saturated heterocycles. The standard InChI is InChI=1S/C17H15ClFNO4/c1-9(17(22)23)24-15-6-4-11(18)8-13(15)10-3-5-12(14(19)7-10)16(21)20-2/h3-9H,1-2H3,(H,20,21)(H,22,23)/t9-/m0/s1. The zero-order chi connectivity index (χ0) is 17.9. The average Bonchev–Trinajstić information content (AvgIpc) is 2.55. The normalized spacial score (nSPS) is 11.7. The van der Waals surface area contributed by atoms with Crippen molar-refractivity contribution in [1.29, 1.82) is 0 Å². The Morgan fingerprint density at radius 3 is 2.54 bits per heavy atom. The van der Waals surface area contributed by atoms with E-state index in [4.69, 9.17) is 21.4 Å². The van der Waals surface area contributed by atoms with Gasteiger partial charge in [-0.25, -0.2) is 9.18 Å². The third-order valence-electron chi connectivity index (χ3n) is 3.34. The van der Waals surface area contributed by atoms with Gasteiger partial charge in [-0.3, -0.25) is 4.79 Å². The van der Waals surface area contributed by atoms with Crippen molar-refractivity contribution in [3.05, 3.63) is 52.8 Å². The SMILES string of the molecule is CNC(=O)c1ccc(-c2cc(Cl)ccc2O[C@@H](C)C(=O)O)cc1F. The van der Waals surface area contributed by atoms with Gasteiger partial charge in [-0.05, 0) is 42.8 Å². The van der Waals surface area contributed by atoms with Crippen molar-refractivity contribution >= 4 is 23.5 Å². The minimum atomic E-state index is -1.13. The molecule has 1 atom stereocenters. The van der Waals surface area contributed by atoms with E-state index in [0.29, 0.717) is 16.1 Å². The molecule has 0 aliphatic carbocycles. The van der Waals surface area contributed by atoms with E-state index in [0.717, 1.165) is 0 Å². The number of ether oxygens (including phenoxy) is 1. The van der Waals surface area contributed by atoms with E-state index in [9.17, 15) is 14.0 Å². The zero-order valence-corrected chi connectivity index (χ0v) is 13.7. The van der Waals surface area contributed by atoms with Gasteiger partial charge in [0.15, 0.2) is 6.10 Å². The van der Waals surface area contributed by atoms with Gasteiger partial charge in [-0.15, -0.1) is 0 Å². The summed E-state index contributed by atoms with van der Waals surface area (Å²) >= 11 is 5.98. The molecule has 0 spiro atoms. The maximum atomic E-state index is 14.2. The fourth-order valence-electron chi connectivity index (χ4n) is 2.07. The highest BCUT2D eigenvalue weighted by atomic mass is 35.5. The first kappa shape index (κ1) is 17.7. The monoisotopic (exact) mass is 351 g/mol. The predicted octanol–water partition coefficient (Wildman–Crippen LogP) is 3.36. The molecule has 0 unspecified atom stereocenters. The van der Waals surface area contributed by atoms with Gasteiger partial charge in [-0.2, -0.15) is 0 Å². The van der Waals surface area contributed by atoms with Crippen LogP contribution in [0.15, 0.2) is 36.4 Å². The number of carbonyl (C=O) groups excluding carboxylic acids is 1. The second kappa shape index (κ2) is 7.31. The Morgan fingerprint density at radius 1 is 1.25 bits per heavy atom.